The Hall–Kier alpha value is -2.63. The van der Waals surface area contributed by atoms with E-state index in [0.29, 0.717) is 11.5 Å². The maximum Gasteiger partial charge on any atom is 0.274 e. The Kier molecular flexibility index (Phi) is 6.63. The average molecular weight is 367 g/mol. The minimum Gasteiger partial charge on any atom is -0.372 e. The normalized spacial score (nSPS) is 14.5. The fourth-order valence-electron chi connectivity index (χ4n) is 3.43. The number of amides is 1. The summed E-state index contributed by atoms with van der Waals surface area (Å²) in [6.07, 6.45) is 7.74. The lowest BCUT2D eigenvalue weighted by Gasteiger charge is -2.21. The molecule has 144 valence electrons. The Balaban J connectivity index is 1.62. The summed E-state index contributed by atoms with van der Waals surface area (Å²) in [6.45, 7) is 7.92. The topological polar surface area (TPSA) is 61.4 Å². The molecule has 2 aromatic rings. The Morgan fingerprint density at radius 1 is 1.00 bits per heavy atom. The Labute approximate surface area is 161 Å². The number of nitrogens with one attached hydrogen (secondary N) is 1. The molecule has 6 heteroatoms. The van der Waals surface area contributed by atoms with Gasteiger partial charge in [0.05, 0.1) is 12.4 Å². The summed E-state index contributed by atoms with van der Waals surface area (Å²) < 4.78 is 0. The van der Waals surface area contributed by atoms with Crippen LogP contribution in [0, 0.1) is 0 Å². The second-order valence-electron chi connectivity index (χ2n) is 6.84. The number of rotatable bonds is 6. The molecule has 3 rings (SSSR count). The van der Waals surface area contributed by atoms with Crippen LogP contribution in [0.3, 0.4) is 0 Å². The van der Waals surface area contributed by atoms with Gasteiger partial charge in [-0.3, -0.25) is 4.79 Å². The van der Waals surface area contributed by atoms with Gasteiger partial charge in [-0.05, 0) is 51.0 Å². The molecular weight excluding hydrogens is 338 g/mol. The maximum atomic E-state index is 12.6. The van der Waals surface area contributed by atoms with Crippen LogP contribution in [0.25, 0.3) is 0 Å². The lowest BCUT2D eigenvalue weighted by Crippen LogP contribution is -2.32. The zero-order valence-electron chi connectivity index (χ0n) is 16.3. The van der Waals surface area contributed by atoms with Gasteiger partial charge in [-0.15, -0.1) is 0 Å². The number of nitrogens with zero attached hydrogens (tertiary/aromatic N) is 4. The highest BCUT2D eigenvalue weighted by atomic mass is 16.2. The molecule has 1 saturated heterocycles. The lowest BCUT2D eigenvalue weighted by molar-refractivity contribution is 0.0755. The molecule has 1 fully saturated rings. The highest BCUT2D eigenvalue weighted by Crippen LogP contribution is 2.20. The van der Waals surface area contributed by atoms with Crippen molar-refractivity contribution in [1.82, 2.24) is 14.9 Å². The van der Waals surface area contributed by atoms with Crippen molar-refractivity contribution in [3.8, 4) is 0 Å². The molecule has 0 atom stereocenters. The van der Waals surface area contributed by atoms with Gasteiger partial charge in [-0.2, -0.15) is 0 Å². The van der Waals surface area contributed by atoms with Gasteiger partial charge in [0, 0.05) is 37.6 Å². The van der Waals surface area contributed by atoms with Crippen molar-refractivity contribution in [3.63, 3.8) is 0 Å². The Bertz CT molecular complexity index is 717. The summed E-state index contributed by atoms with van der Waals surface area (Å²) in [7, 11) is 0. The van der Waals surface area contributed by atoms with Crippen LogP contribution in [0.15, 0.2) is 36.7 Å². The SMILES string of the molecule is CCN(CC)c1ccc(Nc2cnc(C(=O)N3CCCCCC3)cn2)cc1. The molecular formula is C21H29N5O. The molecule has 0 bridgehead atoms. The lowest BCUT2D eigenvalue weighted by atomic mass is 10.2. The minimum atomic E-state index is -0.0143. The molecule has 1 amide bonds. The summed E-state index contributed by atoms with van der Waals surface area (Å²) in [5.41, 5.74) is 2.57. The van der Waals surface area contributed by atoms with E-state index >= 15 is 0 Å². The summed E-state index contributed by atoms with van der Waals surface area (Å²) in [5, 5.41) is 3.24. The summed E-state index contributed by atoms with van der Waals surface area (Å²) >= 11 is 0. The van der Waals surface area contributed by atoms with Gasteiger partial charge in [0.15, 0.2) is 0 Å². The monoisotopic (exact) mass is 367 g/mol. The molecule has 0 aliphatic carbocycles. The third-order valence-corrected chi connectivity index (χ3v) is 5.03. The number of likely N-dealkylation sites (tertiary alicyclic amines) is 1. The molecule has 0 saturated carbocycles. The first-order chi connectivity index (χ1) is 13.2. The molecule has 0 unspecified atom stereocenters. The van der Waals surface area contributed by atoms with Crippen LogP contribution in [-0.2, 0) is 0 Å². The van der Waals surface area contributed by atoms with Crippen LogP contribution in [0.1, 0.15) is 50.0 Å². The summed E-state index contributed by atoms with van der Waals surface area (Å²) in [6, 6.07) is 8.26. The van der Waals surface area contributed by atoms with Crippen molar-refractivity contribution in [2.75, 3.05) is 36.4 Å². The molecule has 27 heavy (non-hydrogen) atoms. The van der Waals surface area contributed by atoms with E-state index in [2.05, 4.69) is 46.2 Å². The number of aromatic nitrogens is 2. The van der Waals surface area contributed by atoms with E-state index in [1.807, 2.05) is 17.0 Å². The van der Waals surface area contributed by atoms with Crippen LogP contribution >= 0.6 is 0 Å². The van der Waals surface area contributed by atoms with Gasteiger partial charge < -0.3 is 15.1 Å². The van der Waals surface area contributed by atoms with Gasteiger partial charge in [-0.25, -0.2) is 9.97 Å². The van der Waals surface area contributed by atoms with Crippen molar-refractivity contribution >= 4 is 23.1 Å². The molecule has 1 aromatic heterocycles. The third kappa shape index (κ3) is 4.96. The van der Waals surface area contributed by atoms with Crippen LogP contribution in [-0.4, -0.2) is 47.0 Å². The van der Waals surface area contributed by atoms with Crippen LogP contribution < -0.4 is 10.2 Å². The molecule has 0 radical (unpaired) electrons. The minimum absolute atomic E-state index is 0.0143. The number of anilines is 3. The standard InChI is InChI=1S/C21H29N5O/c1-3-25(4-2)18-11-9-17(10-12-18)24-20-16-22-19(15-23-20)21(27)26-13-7-5-6-8-14-26/h9-12,15-16H,3-8,13-14H2,1-2H3,(H,23,24). The van der Waals surface area contributed by atoms with Crippen molar-refractivity contribution in [3.05, 3.63) is 42.4 Å². The van der Waals surface area contributed by atoms with Gasteiger partial charge in [0.1, 0.15) is 11.5 Å². The number of hydrogen-bond acceptors (Lipinski definition) is 5. The zero-order valence-corrected chi connectivity index (χ0v) is 16.3. The van der Waals surface area contributed by atoms with Crippen LogP contribution in [0.2, 0.25) is 0 Å². The average Bonchev–Trinajstić information content (AvgIpc) is 3.00. The van der Waals surface area contributed by atoms with Crippen molar-refractivity contribution in [1.29, 1.82) is 0 Å². The van der Waals surface area contributed by atoms with E-state index in [-0.39, 0.29) is 5.91 Å². The summed E-state index contributed by atoms with van der Waals surface area (Å²) in [4.78, 5) is 25.5. The van der Waals surface area contributed by atoms with Gasteiger partial charge in [0.2, 0.25) is 0 Å². The number of hydrogen-bond donors (Lipinski definition) is 1. The van der Waals surface area contributed by atoms with E-state index in [0.717, 1.165) is 44.7 Å². The van der Waals surface area contributed by atoms with E-state index < -0.39 is 0 Å². The van der Waals surface area contributed by atoms with Gasteiger partial charge in [-0.1, -0.05) is 12.8 Å². The highest BCUT2D eigenvalue weighted by molar-refractivity contribution is 5.92. The first-order valence-electron chi connectivity index (χ1n) is 9.94. The smallest absolute Gasteiger partial charge is 0.274 e. The summed E-state index contributed by atoms with van der Waals surface area (Å²) in [5.74, 6) is 0.623. The third-order valence-electron chi connectivity index (χ3n) is 5.03. The van der Waals surface area contributed by atoms with E-state index in [9.17, 15) is 4.79 Å². The van der Waals surface area contributed by atoms with E-state index in [4.69, 9.17) is 0 Å². The largest absolute Gasteiger partial charge is 0.372 e. The zero-order chi connectivity index (χ0) is 19.1. The Morgan fingerprint density at radius 3 is 2.22 bits per heavy atom. The molecule has 1 N–H and O–H groups in total. The molecule has 1 aliphatic heterocycles. The quantitative estimate of drug-likeness (QED) is 0.833. The molecule has 2 heterocycles. The van der Waals surface area contributed by atoms with Gasteiger partial charge in [0.25, 0.3) is 5.91 Å². The molecule has 0 spiro atoms. The number of carbonyl (C=O) groups excluding carboxylic acids is 1. The van der Waals surface area contributed by atoms with Crippen LogP contribution in [0.4, 0.5) is 17.2 Å². The van der Waals surface area contributed by atoms with Crippen molar-refractivity contribution in [2.24, 2.45) is 0 Å². The second kappa shape index (κ2) is 9.35. The number of carbonyl (C=O) groups is 1. The second-order valence-corrected chi connectivity index (χ2v) is 6.84. The molecule has 6 nitrogen and oxygen atoms in total. The number of benzene rings is 1. The highest BCUT2D eigenvalue weighted by Gasteiger charge is 2.18. The first kappa shape index (κ1) is 19.1. The predicted molar refractivity (Wildman–Crippen MR) is 110 cm³/mol. The first-order valence-corrected chi connectivity index (χ1v) is 9.94. The molecule has 1 aliphatic rings. The van der Waals surface area contributed by atoms with Crippen molar-refractivity contribution in [2.45, 2.75) is 39.5 Å². The fourth-order valence-corrected chi connectivity index (χ4v) is 3.43. The predicted octanol–water partition coefficient (Wildman–Crippen LogP) is 4.08. The van der Waals surface area contributed by atoms with E-state index in [1.54, 1.807) is 12.4 Å². The van der Waals surface area contributed by atoms with Crippen LogP contribution in [0.5, 0.6) is 0 Å². The van der Waals surface area contributed by atoms with Gasteiger partial charge >= 0.3 is 0 Å². The Morgan fingerprint density at radius 2 is 1.67 bits per heavy atom. The molecule has 1 aromatic carbocycles. The maximum absolute atomic E-state index is 12.6. The fraction of sp³-hybridized carbons (Fsp3) is 0.476. The van der Waals surface area contributed by atoms with Crippen molar-refractivity contribution < 1.29 is 4.79 Å². The van der Waals surface area contributed by atoms with E-state index in [1.165, 1.54) is 18.5 Å².